The van der Waals surface area contributed by atoms with Crippen molar-refractivity contribution in [3.05, 3.63) is 58.5 Å². The number of aromatic nitrogens is 2. The van der Waals surface area contributed by atoms with Crippen LogP contribution in [0.2, 0.25) is 0 Å². The van der Waals surface area contributed by atoms with E-state index in [0.717, 1.165) is 27.9 Å². The Balaban J connectivity index is 2.06. The van der Waals surface area contributed by atoms with Gasteiger partial charge in [-0.3, -0.25) is 4.79 Å². The van der Waals surface area contributed by atoms with Gasteiger partial charge in [-0.05, 0) is 29.8 Å². The van der Waals surface area contributed by atoms with Crippen LogP contribution in [0.4, 0.5) is 0 Å². The molecule has 0 radical (unpaired) electrons. The molecular formula is C19H15N3O2. The first-order valence-electron chi connectivity index (χ1n) is 7.63. The fourth-order valence-electron chi connectivity index (χ4n) is 3.49. The van der Waals surface area contributed by atoms with Gasteiger partial charge in [-0.2, -0.15) is 5.26 Å². The van der Waals surface area contributed by atoms with E-state index in [0.29, 0.717) is 16.8 Å². The molecule has 1 aliphatic rings. The molecule has 2 heterocycles. The molecule has 0 aliphatic heterocycles. The van der Waals surface area contributed by atoms with Crippen LogP contribution in [0.1, 0.15) is 46.7 Å². The van der Waals surface area contributed by atoms with E-state index in [-0.39, 0.29) is 11.2 Å². The van der Waals surface area contributed by atoms with E-state index in [2.05, 4.69) is 23.8 Å². The number of ether oxygens (including phenoxy) is 1. The Bertz CT molecular complexity index is 1050. The molecule has 0 amide bonds. The van der Waals surface area contributed by atoms with Crippen molar-refractivity contribution in [3.63, 3.8) is 0 Å². The molecule has 3 aromatic rings. The summed E-state index contributed by atoms with van der Waals surface area (Å²) in [6, 6.07) is 9.25. The number of nitrogens with zero attached hydrogens (tertiary/aromatic N) is 2. The molecule has 0 saturated heterocycles. The Morgan fingerprint density at radius 1 is 1.29 bits per heavy atom. The van der Waals surface area contributed by atoms with Gasteiger partial charge in [0.2, 0.25) is 0 Å². The number of carbonyl (C=O) groups is 1. The number of hydrogen-bond acceptors (Lipinski definition) is 4. The highest BCUT2D eigenvalue weighted by atomic mass is 16.5. The van der Waals surface area contributed by atoms with Crippen LogP contribution in [-0.2, 0) is 5.41 Å². The second-order valence-corrected chi connectivity index (χ2v) is 6.47. The highest BCUT2D eigenvalue weighted by Gasteiger charge is 2.39. The van der Waals surface area contributed by atoms with Crippen molar-refractivity contribution in [3.8, 4) is 11.8 Å². The van der Waals surface area contributed by atoms with Gasteiger partial charge in [-0.25, -0.2) is 4.98 Å². The first-order valence-corrected chi connectivity index (χ1v) is 7.63. The Hall–Kier alpha value is -3.13. The summed E-state index contributed by atoms with van der Waals surface area (Å²) >= 11 is 0. The summed E-state index contributed by atoms with van der Waals surface area (Å²) in [5, 5.41) is 9.80. The molecular weight excluding hydrogens is 302 g/mol. The molecule has 1 aliphatic carbocycles. The molecule has 0 bridgehead atoms. The number of aromatic amines is 1. The molecule has 0 saturated carbocycles. The summed E-state index contributed by atoms with van der Waals surface area (Å²) in [5.41, 5.74) is 3.79. The Labute approximate surface area is 138 Å². The van der Waals surface area contributed by atoms with Crippen LogP contribution >= 0.6 is 0 Å². The summed E-state index contributed by atoms with van der Waals surface area (Å²) in [5.74, 6) is 0.697. The maximum Gasteiger partial charge on any atom is 0.195 e. The number of ketones is 1. The van der Waals surface area contributed by atoms with Crippen molar-refractivity contribution < 1.29 is 9.53 Å². The lowest BCUT2D eigenvalue weighted by Gasteiger charge is -2.32. The summed E-state index contributed by atoms with van der Waals surface area (Å²) in [6.07, 6.45) is 1.60. The molecule has 0 unspecified atom stereocenters. The van der Waals surface area contributed by atoms with Gasteiger partial charge in [0.05, 0.1) is 18.2 Å². The molecule has 24 heavy (non-hydrogen) atoms. The number of nitrogens with one attached hydrogen (secondary N) is 1. The minimum Gasteiger partial charge on any atom is -0.497 e. The number of H-pyrrole nitrogens is 1. The quantitative estimate of drug-likeness (QED) is 0.747. The summed E-state index contributed by atoms with van der Waals surface area (Å²) in [6.45, 7) is 4.15. The van der Waals surface area contributed by atoms with E-state index < -0.39 is 0 Å². The molecule has 0 fully saturated rings. The lowest BCUT2D eigenvalue weighted by atomic mass is 9.71. The Morgan fingerprint density at radius 3 is 2.79 bits per heavy atom. The zero-order valence-corrected chi connectivity index (χ0v) is 13.6. The topological polar surface area (TPSA) is 78.8 Å². The van der Waals surface area contributed by atoms with Crippen molar-refractivity contribution in [2.45, 2.75) is 19.3 Å². The first kappa shape index (κ1) is 14.5. The average molecular weight is 317 g/mol. The fraction of sp³-hybridized carbons (Fsp3) is 0.211. The van der Waals surface area contributed by atoms with Crippen molar-refractivity contribution in [1.29, 1.82) is 5.26 Å². The van der Waals surface area contributed by atoms with Gasteiger partial charge in [0.25, 0.3) is 0 Å². The minimum absolute atomic E-state index is 0.0280. The zero-order valence-electron chi connectivity index (χ0n) is 13.6. The normalized spacial score (nSPS) is 14.8. The van der Waals surface area contributed by atoms with E-state index in [1.54, 1.807) is 25.4 Å². The van der Waals surface area contributed by atoms with Crippen LogP contribution in [0.3, 0.4) is 0 Å². The number of pyridine rings is 1. The second-order valence-electron chi connectivity index (χ2n) is 6.47. The average Bonchev–Trinajstić information content (AvgIpc) is 2.99. The molecule has 118 valence electrons. The Kier molecular flexibility index (Phi) is 2.82. The van der Waals surface area contributed by atoms with E-state index in [1.165, 1.54) is 0 Å². The standard InChI is InChI=1S/C19H15N3O2/c1-19(2)14-7-11(24-3)4-5-12(14)17(23)16-13-9-21-10(8-20)6-15(13)22-18(16)19/h4-7,9,22H,1-3H3. The lowest BCUT2D eigenvalue weighted by Crippen LogP contribution is -2.30. The number of nitriles is 1. The number of hydrogen-bond donors (Lipinski definition) is 1. The third kappa shape index (κ3) is 1.74. The highest BCUT2D eigenvalue weighted by Crippen LogP contribution is 2.44. The number of fused-ring (bicyclic) bond motifs is 4. The zero-order chi connectivity index (χ0) is 17.1. The monoisotopic (exact) mass is 317 g/mol. The molecule has 2 aromatic heterocycles. The molecule has 5 nitrogen and oxygen atoms in total. The van der Waals surface area contributed by atoms with Crippen LogP contribution in [-0.4, -0.2) is 22.9 Å². The van der Waals surface area contributed by atoms with Gasteiger partial charge in [-0.15, -0.1) is 0 Å². The van der Waals surface area contributed by atoms with Gasteiger partial charge in [0, 0.05) is 28.3 Å². The first-order chi connectivity index (χ1) is 11.5. The SMILES string of the molecule is COc1ccc2c(c1)C(C)(C)c1[nH]c3cc(C#N)ncc3c1C2=O. The smallest absolute Gasteiger partial charge is 0.195 e. The Morgan fingerprint density at radius 2 is 2.08 bits per heavy atom. The highest BCUT2D eigenvalue weighted by molar-refractivity contribution is 6.20. The van der Waals surface area contributed by atoms with Crippen LogP contribution in [0.15, 0.2) is 30.5 Å². The van der Waals surface area contributed by atoms with Crippen LogP contribution in [0.5, 0.6) is 5.75 Å². The predicted octanol–water partition coefficient (Wildman–Crippen LogP) is 3.31. The number of benzene rings is 1. The van der Waals surface area contributed by atoms with Gasteiger partial charge in [0.1, 0.15) is 17.5 Å². The molecule has 5 heteroatoms. The summed E-state index contributed by atoms with van der Waals surface area (Å²) in [4.78, 5) is 20.5. The van der Waals surface area contributed by atoms with Crippen molar-refractivity contribution in [2.24, 2.45) is 0 Å². The largest absolute Gasteiger partial charge is 0.497 e. The molecule has 1 aromatic carbocycles. The van der Waals surface area contributed by atoms with Crippen LogP contribution in [0, 0.1) is 11.3 Å². The number of methoxy groups -OCH3 is 1. The van der Waals surface area contributed by atoms with Gasteiger partial charge in [0.15, 0.2) is 5.78 Å². The maximum absolute atomic E-state index is 13.1. The summed E-state index contributed by atoms with van der Waals surface area (Å²) < 4.78 is 5.32. The number of carbonyl (C=O) groups excluding carboxylic acids is 1. The van der Waals surface area contributed by atoms with Crippen molar-refractivity contribution in [2.75, 3.05) is 7.11 Å². The van der Waals surface area contributed by atoms with E-state index >= 15 is 0 Å². The van der Waals surface area contributed by atoms with Gasteiger partial charge >= 0.3 is 0 Å². The minimum atomic E-state index is -0.390. The maximum atomic E-state index is 13.1. The molecule has 4 rings (SSSR count). The van der Waals surface area contributed by atoms with Gasteiger partial charge < -0.3 is 9.72 Å². The van der Waals surface area contributed by atoms with E-state index in [4.69, 9.17) is 10.00 Å². The molecule has 0 spiro atoms. The second kappa shape index (κ2) is 4.68. The summed E-state index contributed by atoms with van der Waals surface area (Å²) in [7, 11) is 1.61. The fourth-order valence-corrected chi connectivity index (χ4v) is 3.49. The van der Waals surface area contributed by atoms with Crippen LogP contribution in [0.25, 0.3) is 10.9 Å². The van der Waals surface area contributed by atoms with E-state index in [9.17, 15) is 4.79 Å². The number of rotatable bonds is 1. The van der Waals surface area contributed by atoms with Crippen molar-refractivity contribution in [1.82, 2.24) is 9.97 Å². The van der Waals surface area contributed by atoms with E-state index in [1.807, 2.05) is 18.2 Å². The van der Waals surface area contributed by atoms with Crippen LogP contribution < -0.4 is 4.74 Å². The third-order valence-corrected chi connectivity index (χ3v) is 4.79. The molecule has 1 N–H and O–H groups in total. The molecule has 0 atom stereocenters. The predicted molar refractivity (Wildman–Crippen MR) is 89.4 cm³/mol. The third-order valence-electron chi connectivity index (χ3n) is 4.79. The van der Waals surface area contributed by atoms with Crippen molar-refractivity contribution >= 4 is 16.7 Å². The lowest BCUT2D eigenvalue weighted by molar-refractivity contribution is 0.103. The van der Waals surface area contributed by atoms with Gasteiger partial charge in [-0.1, -0.05) is 13.8 Å².